The van der Waals surface area contributed by atoms with Crippen molar-refractivity contribution in [1.82, 2.24) is 0 Å². The Morgan fingerprint density at radius 2 is 1.65 bits per heavy atom. The SMILES string of the molecule is CCCCC/C([CH]=[In])=[C](\CCCCC)[In][CH2]O. The van der Waals surface area contributed by atoms with Gasteiger partial charge in [-0.3, -0.25) is 0 Å². The Bertz CT molecular complexity index is 224. The fourth-order valence-corrected chi connectivity index (χ4v) is 7.87. The second kappa shape index (κ2) is 13.7. The summed E-state index contributed by atoms with van der Waals surface area (Å²) in [5.74, 6) is 0. The Labute approximate surface area is 133 Å². The van der Waals surface area contributed by atoms with Crippen LogP contribution in [-0.2, 0) is 0 Å². The van der Waals surface area contributed by atoms with E-state index < -0.39 is 22.9 Å². The van der Waals surface area contributed by atoms with Gasteiger partial charge in [-0.25, -0.2) is 0 Å². The molecule has 2 radical (unpaired) electrons. The molecule has 0 fully saturated rings. The predicted molar refractivity (Wildman–Crippen MR) is 80.0 cm³/mol. The van der Waals surface area contributed by atoms with Crippen molar-refractivity contribution in [2.24, 2.45) is 0 Å². The summed E-state index contributed by atoms with van der Waals surface area (Å²) < 4.78 is 4.66. The van der Waals surface area contributed by atoms with Crippen molar-refractivity contribution < 1.29 is 5.11 Å². The molecule has 0 bridgehead atoms. The third-order valence-corrected chi connectivity index (χ3v) is 8.01. The van der Waals surface area contributed by atoms with Gasteiger partial charge >= 0.3 is 134 Å². The normalized spacial score (nSPS) is 12.1. The van der Waals surface area contributed by atoms with E-state index >= 15 is 0 Å². The molecule has 0 heterocycles. The quantitative estimate of drug-likeness (QED) is 0.491. The number of hydrogen-bond donors (Lipinski definition) is 1. The Morgan fingerprint density at radius 3 is 2.12 bits per heavy atom. The van der Waals surface area contributed by atoms with Crippen molar-refractivity contribution in [3.63, 3.8) is 0 Å². The van der Waals surface area contributed by atoms with E-state index in [4.69, 9.17) is 0 Å². The van der Waals surface area contributed by atoms with Gasteiger partial charge in [0.15, 0.2) is 0 Å². The van der Waals surface area contributed by atoms with Gasteiger partial charge in [-0.2, -0.15) is 0 Å². The monoisotopic (exact) mass is 440 g/mol. The van der Waals surface area contributed by atoms with Crippen molar-refractivity contribution in [2.45, 2.75) is 65.2 Å². The Balaban J connectivity index is 4.35. The number of aliphatic hydroxyl groups excluding tert-OH is 1. The molecule has 1 N–H and O–H groups in total. The van der Waals surface area contributed by atoms with Gasteiger partial charge in [-0.15, -0.1) is 0 Å². The topological polar surface area (TPSA) is 20.2 Å². The minimum absolute atomic E-state index is 0.503. The summed E-state index contributed by atoms with van der Waals surface area (Å²) in [5, 5.41) is 9.26. The first kappa shape index (κ1) is 18.3. The van der Waals surface area contributed by atoms with Crippen LogP contribution in [0.25, 0.3) is 0 Å². The molecule has 17 heavy (non-hydrogen) atoms. The standard InChI is InChI=1S/C13H23.CH3O.2In/c1-4-6-8-10-12-13(3)11-9-7-5-2;1-2;;/h3H,4-11H2,1-2H3;2H,1H2;;. The zero-order valence-corrected chi connectivity index (χ0v) is 18.1. The molecular weight excluding hydrogens is 414 g/mol. The zero-order valence-electron chi connectivity index (χ0n) is 11.5. The van der Waals surface area contributed by atoms with Gasteiger partial charge in [0.2, 0.25) is 0 Å². The first-order valence-electron chi connectivity index (χ1n) is 7.01. The van der Waals surface area contributed by atoms with Crippen molar-refractivity contribution in [3.05, 3.63) is 8.90 Å². The molecule has 0 aliphatic heterocycles. The summed E-state index contributed by atoms with van der Waals surface area (Å²) in [6, 6.07) is 0. The van der Waals surface area contributed by atoms with E-state index in [1.54, 1.807) is 8.90 Å². The molecule has 0 aromatic carbocycles. The van der Waals surface area contributed by atoms with Gasteiger partial charge in [0.25, 0.3) is 0 Å². The van der Waals surface area contributed by atoms with Crippen LogP contribution < -0.4 is 0 Å². The maximum absolute atomic E-state index is 9.26. The van der Waals surface area contributed by atoms with Gasteiger partial charge in [-0.1, -0.05) is 0 Å². The molecule has 0 spiro atoms. The van der Waals surface area contributed by atoms with E-state index in [1.165, 1.54) is 75.3 Å². The average Bonchev–Trinajstić information content (AvgIpc) is 2.34. The third-order valence-electron chi connectivity index (χ3n) is 3.05. The van der Waals surface area contributed by atoms with E-state index in [2.05, 4.69) is 17.6 Å². The van der Waals surface area contributed by atoms with Crippen LogP contribution in [0.4, 0.5) is 0 Å². The summed E-state index contributed by atoms with van der Waals surface area (Å²) in [5.41, 5.74) is 1.65. The van der Waals surface area contributed by atoms with Crippen LogP contribution in [0.3, 0.4) is 0 Å². The molecule has 0 aromatic heterocycles. The number of allylic oxidation sites excluding steroid dienone is 2. The van der Waals surface area contributed by atoms with Gasteiger partial charge in [0, 0.05) is 0 Å². The molecule has 94 valence electrons. The summed E-state index contributed by atoms with van der Waals surface area (Å²) in [4.78, 5) is 0. The molecule has 0 saturated carbocycles. The molecule has 0 atom stereocenters. The van der Waals surface area contributed by atoms with E-state index in [9.17, 15) is 5.11 Å². The molecule has 1 nitrogen and oxygen atoms in total. The minimum atomic E-state index is -0.821. The van der Waals surface area contributed by atoms with Crippen LogP contribution >= 0.6 is 0 Å². The summed E-state index contributed by atoms with van der Waals surface area (Å²) in [6.07, 6.45) is 10.6. The molecule has 0 aromatic rings. The maximum atomic E-state index is 9.26. The number of unbranched alkanes of at least 4 members (excludes halogenated alkanes) is 4. The van der Waals surface area contributed by atoms with Crippen LogP contribution in [0.1, 0.15) is 65.2 Å². The molecule has 0 aliphatic rings. The van der Waals surface area contributed by atoms with Crippen LogP contribution in [-0.4, -0.2) is 60.0 Å². The van der Waals surface area contributed by atoms with Crippen molar-refractivity contribution in [1.29, 1.82) is 0 Å². The van der Waals surface area contributed by atoms with Crippen LogP contribution in [0.5, 0.6) is 0 Å². The zero-order chi connectivity index (χ0) is 12.9. The molecule has 0 aliphatic carbocycles. The number of rotatable bonds is 11. The summed E-state index contributed by atoms with van der Waals surface area (Å²) in [6.45, 7) is 4.53. The number of hydrogen-bond acceptors (Lipinski definition) is 1. The molecule has 0 saturated heterocycles. The van der Waals surface area contributed by atoms with E-state index in [0.717, 1.165) is 0 Å². The predicted octanol–water partition coefficient (Wildman–Crippen LogP) is 3.03. The van der Waals surface area contributed by atoms with Crippen LogP contribution in [0.15, 0.2) is 8.90 Å². The fraction of sp³-hybridized carbons (Fsp3) is 0.786. The second-order valence-electron chi connectivity index (χ2n) is 4.52. The van der Waals surface area contributed by atoms with Crippen molar-refractivity contribution >= 4 is 50.6 Å². The Hall–Kier alpha value is 1.31. The summed E-state index contributed by atoms with van der Waals surface area (Å²) in [7, 11) is 0. The summed E-state index contributed by atoms with van der Waals surface area (Å²) >= 11 is 0.414. The van der Waals surface area contributed by atoms with E-state index in [-0.39, 0.29) is 0 Å². The molecule has 0 amide bonds. The van der Waals surface area contributed by atoms with Crippen molar-refractivity contribution in [2.75, 3.05) is 4.36 Å². The second-order valence-corrected chi connectivity index (χ2v) is 9.67. The average molecular weight is 440 g/mol. The van der Waals surface area contributed by atoms with Gasteiger partial charge in [-0.05, 0) is 0 Å². The van der Waals surface area contributed by atoms with Gasteiger partial charge in [0.1, 0.15) is 0 Å². The molecular formula is C14H26In2O. The van der Waals surface area contributed by atoms with Crippen molar-refractivity contribution in [3.8, 4) is 0 Å². The van der Waals surface area contributed by atoms with E-state index in [1.807, 2.05) is 0 Å². The molecule has 3 heteroatoms. The third kappa shape index (κ3) is 9.84. The Morgan fingerprint density at radius 1 is 1.06 bits per heavy atom. The van der Waals surface area contributed by atoms with Gasteiger partial charge in [0.05, 0.1) is 0 Å². The van der Waals surface area contributed by atoms with E-state index in [0.29, 0.717) is 4.36 Å². The first-order valence-corrected chi connectivity index (χ1v) is 12.9. The Kier molecular flexibility index (Phi) is 14.8. The number of aliphatic hydroxyl groups is 1. The first-order chi connectivity index (χ1) is 8.29. The van der Waals surface area contributed by atoms with Gasteiger partial charge < -0.3 is 0 Å². The van der Waals surface area contributed by atoms with Crippen LogP contribution in [0.2, 0.25) is 0 Å². The molecule has 0 rings (SSSR count). The fourth-order valence-electron chi connectivity index (χ4n) is 1.99. The van der Waals surface area contributed by atoms with Crippen LogP contribution in [0, 0.1) is 0 Å². The molecule has 0 unspecified atom stereocenters.